The number of carbonyl (C=O) groups is 2. The van der Waals surface area contributed by atoms with Crippen molar-refractivity contribution in [2.24, 2.45) is 13.0 Å². The molecule has 2 amide bonds. The van der Waals surface area contributed by atoms with E-state index in [1.54, 1.807) is 46.0 Å². The number of hydrogen-bond acceptors (Lipinski definition) is 2. The van der Waals surface area contributed by atoms with Gasteiger partial charge in [-0.1, -0.05) is 49.6 Å². The van der Waals surface area contributed by atoms with Crippen molar-refractivity contribution in [2.45, 2.75) is 38.3 Å². The van der Waals surface area contributed by atoms with E-state index in [1.807, 2.05) is 7.05 Å². The van der Waals surface area contributed by atoms with E-state index in [-0.39, 0.29) is 5.91 Å². The standard InChI is InChI=1S/C27H28F3N3O2/c1-32-17-22(15-25(32)33(18-34)16-19-7-3-2-4-8-19)31-26(35)24-10-6-5-9-23(24)20-11-13-21(14-12-20)27(28,29)30/h5-6,9-15,17-19H,2-4,7-8,16H2,1H3,(H,31,35). The van der Waals surface area contributed by atoms with Crippen molar-refractivity contribution >= 4 is 23.8 Å². The van der Waals surface area contributed by atoms with E-state index >= 15 is 0 Å². The quantitative estimate of drug-likeness (QED) is 0.390. The Morgan fingerprint density at radius 1 is 1.09 bits per heavy atom. The third kappa shape index (κ3) is 5.75. The van der Waals surface area contributed by atoms with Gasteiger partial charge in [-0.05, 0) is 48.1 Å². The molecule has 1 heterocycles. The van der Waals surface area contributed by atoms with E-state index in [2.05, 4.69) is 5.32 Å². The zero-order chi connectivity index (χ0) is 25.0. The van der Waals surface area contributed by atoms with Gasteiger partial charge in [-0.2, -0.15) is 13.2 Å². The van der Waals surface area contributed by atoms with Gasteiger partial charge in [-0.3, -0.25) is 9.59 Å². The van der Waals surface area contributed by atoms with E-state index in [0.29, 0.717) is 40.7 Å². The number of nitrogens with one attached hydrogen (secondary N) is 1. The molecule has 3 aromatic rings. The number of rotatable bonds is 7. The van der Waals surface area contributed by atoms with Crippen LogP contribution in [0.3, 0.4) is 0 Å². The van der Waals surface area contributed by atoms with Crippen LogP contribution in [0.2, 0.25) is 0 Å². The van der Waals surface area contributed by atoms with Gasteiger partial charge < -0.3 is 14.8 Å². The number of alkyl halides is 3. The SMILES string of the molecule is Cn1cc(NC(=O)c2ccccc2-c2ccc(C(F)(F)F)cc2)cc1N(C=O)CC1CCCCC1. The topological polar surface area (TPSA) is 54.3 Å². The van der Waals surface area contributed by atoms with E-state index in [0.717, 1.165) is 31.4 Å². The summed E-state index contributed by atoms with van der Waals surface area (Å²) in [5.74, 6) is 0.775. The molecule has 1 aromatic heterocycles. The highest BCUT2D eigenvalue weighted by Crippen LogP contribution is 2.32. The molecule has 8 heteroatoms. The lowest BCUT2D eigenvalue weighted by atomic mass is 9.89. The van der Waals surface area contributed by atoms with Gasteiger partial charge in [-0.25, -0.2) is 0 Å². The fraction of sp³-hybridized carbons (Fsp3) is 0.333. The molecular weight excluding hydrogens is 455 g/mol. The van der Waals surface area contributed by atoms with Gasteiger partial charge in [0.2, 0.25) is 6.41 Å². The molecule has 0 aliphatic heterocycles. The van der Waals surface area contributed by atoms with Crippen molar-refractivity contribution in [3.63, 3.8) is 0 Å². The Balaban J connectivity index is 1.52. The highest BCUT2D eigenvalue weighted by Gasteiger charge is 2.30. The van der Waals surface area contributed by atoms with Crippen LogP contribution < -0.4 is 10.2 Å². The van der Waals surface area contributed by atoms with Gasteiger partial charge in [0.25, 0.3) is 5.91 Å². The number of carbonyl (C=O) groups excluding carboxylic acids is 2. The Labute approximate surface area is 202 Å². The van der Waals surface area contributed by atoms with Crippen LogP contribution in [0.4, 0.5) is 24.7 Å². The Hall–Kier alpha value is -3.55. The number of aryl methyl sites for hydroxylation is 1. The molecule has 1 aliphatic rings. The average Bonchev–Trinajstić information content (AvgIpc) is 3.22. The zero-order valence-electron chi connectivity index (χ0n) is 19.5. The second-order valence-corrected chi connectivity index (χ2v) is 9.03. The van der Waals surface area contributed by atoms with Crippen LogP contribution in [-0.4, -0.2) is 23.4 Å². The predicted octanol–water partition coefficient (Wildman–Crippen LogP) is 6.51. The summed E-state index contributed by atoms with van der Waals surface area (Å²) in [6.45, 7) is 0.644. The van der Waals surface area contributed by atoms with Crippen molar-refractivity contribution in [2.75, 3.05) is 16.8 Å². The summed E-state index contributed by atoms with van der Waals surface area (Å²) in [5, 5.41) is 2.87. The molecule has 35 heavy (non-hydrogen) atoms. The Bertz CT molecular complexity index is 1180. The van der Waals surface area contributed by atoms with Crippen LogP contribution in [0.15, 0.2) is 60.8 Å². The highest BCUT2D eigenvalue weighted by atomic mass is 19.4. The second kappa shape index (κ2) is 10.4. The monoisotopic (exact) mass is 483 g/mol. The predicted molar refractivity (Wildman–Crippen MR) is 130 cm³/mol. The molecule has 0 radical (unpaired) electrons. The maximum atomic E-state index is 13.1. The Kier molecular flexibility index (Phi) is 7.28. The Morgan fingerprint density at radius 3 is 2.43 bits per heavy atom. The molecule has 0 unspecified atom stereocenters. The maximum Gasteiger partial charge on any atom is 0.416 e. The maximum absolute atomic E-state index is 13.1. The van der Waals surface area contributed by atoms with Gasteiger partial charge in [0.1, 0.15) is 5.82 Å². The van der Waals surface area contributed by atoms with Crippen molar-refractivity contribution < 1.29 is 22.8 Å². The van der Waals surface area contributed by atoms with Crippen LogP contribution in [0.1, 0.15) is 48.0 Å². The zero-order valence-corrected chi connectivity index (χ0v) is 19.5. The van der Waals surface area contributed by atoms with Crippen molar-refractivity contribution in [1.29, 1.82) is 0 Å². The van der Waals surface area contributed by atoms with Crippen LogP contribution in [0.5, 0.6) is 0 Å². The summed E-state index contributed by atoms with van der Waals surface area (Å²) >= 11 is 0. The lowest BCUT2D eigenvalue weighted by Crippen LogP contribution is -2.30. The van der Waals surface area contributed by atoms with Gasteiger partial charge in [0, 0.05) is 31.4 Å². The van der Waals surface area contributed by atoms with Gasteiger partial charge in [0.15, 0.2) is 0 Å². The van der Waals surface area contributed by atoms with Gasteiger partial charge >= 0.3 is 6.18 Å². The number of hydrogen-bond donors (Lipinski definition) is 1. The van der Waals surface area contributed by atoms with E-state index in [1.165, 1.54) is 31.4 Å². The number of halogens is 3. The summed E-state index contributed by atoms with van der Waals surface area (Å²) < 4.78 is 40.6. The lowest BCUT2D eigenvalue weighted by molar-refractivity contribution is -0.137. The summed E-state index contributed by atoms with van der Waals surface area (Å²) in [6, 6.07) is 13.3. The molecule has 1 fully saturated rings. The molecule has 4 rings (SSSR count). The number of anilines is 2. The average molecular weight is 484 g/mol. The lowest BCUT2D eigenvalue weighted by Gasteiger charge is -2.27. The first-order valence-electron chi connectivity index (χ1n) is 11.7. The minimum atomic E-state index is -4.42. The molecule has 0 bridgehead atoms. The van der Waals surface area contributed by atoms with Crippen molar-refractivity contribution in [3.8, 4) is 11.1 Å². The highest BCUT2D eigenvalue weighted by molar-refractivity contribution is 6.09. The summed E-state index contributed by atoms with van der Waals surface area (Å²) in [6.07, 6.45) is 3.98. The molecular formula is C27H28F3N3O2. The van der Waals surface area contributed by atoms with E-state index < -0.39 is 11.7 Å². The first-order valence-corrected chi connectivity index (χ1v) is 11.7. The number of amides is 2. The fourth-order valence-corrected chi connectivity index (χ4v) is 4.72. The number of aromatic nitrogens is 1. The Morgan fingerprint density at radius 2 is 1.77 bits per heavy atom. The normalized spacial score (nSPS) is 14.5. The fourth-order valence-electron chi connectivity index (χ4n) is 4.72. The number of nitrogens with zero attached hydrogens (tertiary/aromatic N) is 2. The minimum Gasteiger partial charge on any atom is -0.335 e. The molecule has 1 N–H and O–H groups in total. The van der Waals surface area contributed by atoms with Crippen LogP contribution in [-0.2, 0) is 18.0 Å². The summed E-state index contributed by atoms with van der Waals surface area (Å²) in [7, 11) is 1.82. The molecule has 0 atom stereocenters. The minimum absolute atomic E-state index is 0.340. The molecule has 184 valence electrons. The summed E-state index contributed by atoms with van der Waals surface area (Å²) in [4.78, 5) is 26.6. The third-order valence-corrected chi connectivity index (χ3v) is 6.53. The largest absolute Gasteiger partial charge is 0.416 e. The molecule has 1 aliphatic carbocycles. The smallest absolute Gasteiger partial charge is 0.335 e. The molecule has 0 spiro atoms. The first-order chi connectivity index (χ1) is 16.8. The van der Waals surface area contributed by atoms with Crippen molar-refractivity contribution in [3.05, 3.63) is 71.9 Å². The molecule has 2 aromatic carbocycles. The van der Waals surface area contributed by atoms with Crippen LogP contribution >= 0.6 is 0 Å². The molecule has 0 saturated heterocycles. The second-order valence-electron chi connectivity index (χ2n) is 9.03. The molecule has 1 saturated carbocycles. The third-order valence-electron chi connectivity index (χ3n) is 6.53. The van der Waals surface area contributed by atoms with E-state index in [9.17, 15) is 22.8 Å². The number of benzene rings is 2. The van der Waals surface area contributed by atoms with Crippen LogP contribution in [0, 0.1) is 5.92 Å². The molecule has 5 nitrogen and oxygen atoms in total. The van der Waals surface area contributed by atoms with Crippen molar-refractivity contribution in [1.82, 2.24) is 4.57 Å². The van der Waals surface area contributed by atoms with Crippen LogP contribution in [0.25, 0.3) is 11.1 Å². The van der Waals surface area contributed by atoms with Gasteiger partial charge in [-0.15, -0.1) is 0 Å². The first kappa shape index (κ1) is 24.6. The van der Waals surface area contributed by atoms with Gasteiger partial charge in [0.05, 0.1) is 11.3 Å². The summed E-state index contributed by atoms with van der Waals surface area (Å²) in [5.41, 5.74) is 1.17. The van der Waals surface area contributed by atoms with E-state index in [4.69, 9.17) is 0 Å².